The molecule has 0 fully saturated rings. The Labute approximate surface area is 127 Å². The minimum Gasteiger partial charge on any atom is -0.397 e. The van der Waals surface area contributed by atoms with Crippen molar-refractivity contribution in [2.75, 3.05) is 10.5 Å². The van der Waals surface area contributed by atoms with Crippen molar-refractivity contribution >= 4 is 37.3 Å². The minimum atomic E-state index is -3.64. The van der Waals surface area contributed by atoms with Gasteiger partial charge in [-0.15, -0.1) is 0 Å². The average Bonchev–Trinajstić information content (AvgIpc) is 2.32. The van der Waals surface area contributed by atoms with Crippen LogP contribution in [0.25, 0.3) is 0 Å². The molecule has 3 N–H and O–H groups in total. The van der Waals surface area contributed by atoms with E-state index in [1.165, 1.54) is 0 Å². The number of aryl methyl sites for hydroxylation is 2. The second-order valence-corrected chi connectivity index (χ2v) is 7.17. The molecule has 0 aliphatic rings. The van der Waals surface area contributed by atoms with E-state index in [-0.39, 0.29) is 4.90 Å². The van der Waals surface area contributed by atoms with Gasteiger partial charge in [0.25, 0.3) is 10.0 Å². The highest BCUT2D eigenvalue weighted by molar-refractivity contribution is 9.10. The van der Waals surface area contributed by atoms with Gasteiger partial charge in [-0.1, -0.05) is 33.6 Å². The molecule has 0 aliphatic carbocycles. The first-order chi connectivity index (χ1) is 9.29. The Bertz CT molecular complexity index is 758. The predicted octanol–water partition coefficient (Wildman–Crippen LogP) is 3.45. The van der Waals surface area contributed by atoms with Crippen LogP contribution in [-0.4, -0.2) is 8.42 Å². The first kappa shape index (κ1) is 14.9. The third-order valence-electron chi connectivity index (χ3n) is 2.88. The van der Waals surface area contributed by atoms with Gasteiger partial charge in [-0.05, 0) is 43.7 Å². The second kappa shape index (κ2) is 5.46. The maximum Gasteiger partial charge on any atom is 0.262 e. The Kier molecular flexibility index (Phi) is 4.06. The van der Waals surface area contributed by atoms with E-state index < -0.39 is 10.0 Å². The maximum atomic E-state index is 12.4. The number of rotatable bonds is 3. The van der Waals surface area contributed by atoms with E-state index in [4.69, 9.17) is 5.73 Å². The smallest absolute Gasteiger partial charge is 0.262 e. The maximum absolute atomic E-state index is 12.4. The zero-order chi connectivity index (χ0) is 14.9. The Balaban J connectivity index is 2.41. The van der Waals surface area contributed by atoms with Crippen molar-refractivity contribution in [3.05, 3.63) is 52.0 Å². The number of anilines is 2. The van der Waals surface area contributed by atoms with Crippen LogP contribution in [0.5, 0.6) is 0 Å². The molecule has 0 radical (unpaired) electrons. The van der Waals surface area contributed by atoms with E-state index in [0.717, 1.165) is 10.0 Å². The third-order valence-corrected chi connectivity index (χ3v) is 4.90. The Morgan fingerprint density at radius 2 is 1.80 bits per heavy atom. The van der Waals surface area contributed by atoms with Gasteiger partial charge < -0.3 is 5.73 Å². The number of nitrogens with one attached hydrogen (secondary N) is 1. The lowest BCUT2D eigenvalue weighted by Gasteiger charge is -2.12. The van der Waals surface area contributed by atoms with E-state index in [0.29, 0.717) is 16.9 Å². The van der Waals surface area contributed by atoms with Gasteiger partial charge in [-0.2, -0.15) is 0 Å². The predicted molar refractivity (Wildman–Crippen MR) is 85.3 cm³/mol. The Morgan fingerprint density at radius 1 is 1.10 bits per heavy atom. The third kappa shape index (κ3) is 3.13. The molecule has 0 spiro atoms. The van der Waals surface area contributed by atoms with Crippen LogP contribution in [0.4, 0.5) is 11.4 Å². The van der Waals surface area contributed by atoms with Crippen LogP contribution in [-0.2, 0) is 10.0 Å². The summed E-state index contributed by atoms with van der Waals surface area (Å²) in [5.41, 5.74) is 8.27. The zero-order valence-corrected chi connectivity index (χ0v) is 13.5. The topological polar surface area (TPSA) is 72.2 Å². The average molecular weight is 355 g/mol. The highest BCUT2D eigenvalue weighted by Gasteiger charge is 2.17. The van der Waals surface area contributed by atoms with E-state index in [1.807, 2.05) is 13.0 Å². The Hall–Kier alpha value is -1.53. The standard InChI is InChI=1S/C14H15BrN2O2S/c1-9-3-6-14(10(2)7-9)20(18,19)17-13-5-4-11(15)8-12(13)16/h3-8,17H,16H2,1-2H3. The summed E-state index contributed by atoms with van der Waals surface area (Å²) < 4.78 is 28.1. The summed E-state index contributed by atoms with van der Waals surface area (Å²) in [7, 11) is -3.64. The molecular weight excluding hydrogens is 340 g/mol. The summed E-state index contributed by atoms with van der Waals surface area (Å²) in [5, 5.41) is 0. The van der Waals surface area contributed by atoms with Gasteiger partial charge in [0.05, 0.1) is 16.3 Å². The lowest BCUT2D eigenvalue weighted by Crippen LogP contribution is -2.15. The molecular formula is C14H15BrN2O2S. The quantitative estimate of drug-likeness (QED) is 0.829. The van der Waals surface area contributed by atoms with Crippen molar-refractivity contribution in [2.24, 2.45) is 0 Å². The van der Waals surface area contributed by atoms with Crippen molar-refractivity contribution in [1.82, 2.24) is 0 Å². The molecule has 106 valence electrons. The number of halogens is 1. The van der Waals surface area contributed by atoms with E-state index >= 15 is 0 Å². The minimum absolute atomic E-state index is 0.255. The first-order valence-corrected chi connectivity index (χ1v) is 8.22. The van der Waals surface area contributed by atoms with Crippen LogP contribution in [0.15, 0.2) is 45.8 Å². The van der Waals surface area contributed by atoms with Crippen molar-refractivity contribution in [2.45, 2.75) is 18.7 Å². The lowest BCUT2D eigenvalue weighted by molar-refractivity contribution is 0.600. The van der Waals surface area contributed by atoms with Crippen LogP contribution < -0.4 is 10.5 Å². The summed E-state index contributed by atoms with van der Waals surface area (Å²) in [6, 6.07) is 10.2. The fraction of sp³-hybridized carbons (Fsp3) is 0.143. The number of nitrogens with two attached hydrogens (primary N) is 1. The van der Waals surface area contributed by atoms with Crippen LogP contribution in [0.2, 0.25) is 0 Å². The summed E-state index contributed by atoms with van der Waals surface area (Å²) >= 11 is 3.28. The monoisotopic (exact) mass is 354 g/mol. The molecule has 0 aromatic heterocycles. The fourth-order valence-electron chi connectivity index (χ4n) is 1.93. The SMILES string of the molecule is Cc1ccc(S(=O)(=O)Nc2ccc(Br)cc2N)c(C)c1. The molecule has 0 aliphatic heterocycles. The van der Waals surface area contributed by atoms with Crippen molar-refractivity contribution in [3.63, 3.8) is 0 Å². The van der Waals surface area contributed by atoms with Gasteiger partial charge in [-0.3, -0.25) is 4.72 Å². The molecule has 0 bridgehead atoms. The number of hydrogen-bond donors (Lipinski definition) is 2. The summed E-state index contributed by atoms with van der Waals surface area (Å²) in [6.07, 6.45) is 0. The summed E-state index contributed by atoms with van der Waals surface area (Å²) in [6.45, 7) is 3.69. The number of nitrogen functional groups attached to an aromatic ring is 1. The van der Waals surface area contributed by atoms with Gasteiger partial charge in [-0.25, -0.2) is 8.42 Å². The summed E-state index contributed by atoms with van der Waals surface area (Å²) in [4.78, 5) is 0.255. The molecule has 0 unspecified atom stereocenters. The molecule has 6 heteroatoms. The molecule has 4 nitrogen and oxygen atoms in total. The van der Waals surface area contributed by atoms with Crippen LogP contribution in [0.3, 0.4) is 0 Å². The van der Waals surface area contributed by atoms with E-state index in [2.05, 4.69) is 20.7 Å². The van der Waals surface area contributed by atoms with Crippen LogP contribution >= 0.6 is 15.9 Å². The second-order valence-electron chi connectivity index (χ2n) is 4.61. The molecule has 2 aromatic rings. The fourth-order valence-corrected chi connectivity index (χ4v) is 3.62. The highest BCUT2D eigenvalue weighted by atomic mass is 79.9. The molecule has 0 heterocycles. The molecule has 2 rings (SSSR count). The van der Waals surface area contributed by atoms with E-state index in [1.54, 1.807) is 37.3 Å². The Morgan fingerprint density at radius 3 is 2.40 bits per heavy atom. The molecule has 20 heavy (non-hydrogen) atoms. The highest BCUT2D eigenvalue weighted by Crippen LogP contribution is 2.26. The van der Waals surface area contributed by atoms with Gasteiger partial charge in [0.2, 0.25) is 0 Å². The largest absolute Gasteiger partial charge is 0.397 e. The normalized spacial score (nSPS) is 11.3. The van der Waals surface area contributed by atoms with Gasteiger partial charge >= 0.3 is 0 Å². The molecule has 2 aromatic carbocycles. The molecule has 0 saturated heterocycles. The van der Waals surface area contributed by atoms with Gasteiger partial charge in [0.1, 0.15) is 0 Å². The molecule has 0 amide bonds. The zero-order valence-electron chi connectivity index (χ0n) is 11.1. The number of hydrogen-bond acceptors (Lipinski definition) is 3. The first-order valence-electron chi connectivity index (χ1n) is 5.95. The number of sulfonamides is 1. The molecule has 0 saturated carbocycles. The lowest BCUT2D eigenvalue weighted by atomic mass is 10.2. The van der Waals surface area contributed by atoms with Crippen molar-refractivity contribution in [1.29, 1.82) is 0 Å². The van der Waals surface area contributed by atoms with Crippen molar-refractivity contribution in [3.8, 4) is 0 Å². The number of benzene rings is 2. The summed E-state index contributed by atoms with van der Waals surface area (Å²) in [5.74, 6) is 0. The van der Waals surface area contributed by atoms with Gasteiger partial charge in [0.15, 0.2) is 0 Å². The molecule has 0 atom stereocenters. The van der Waals surface area contributed by atoms with Crippen LogP contribution in [0.1, 0.15) is 11.1 Å². The van der Waals surface area contributed by atoms with Crippen LogP contribution in [0, 0.1) is 13.8 Å². The van der Waals surface area contributed by atoms with E-state index in [9.17, 15) is 8.42 Å². The van der Waals surface area contributed by atoms with Crippen molar-refractivity contribution < 1.29 is 8.42 Å². The van der Waals surface area contributed by atoms with Gasteiger partial charge in [0, 0.05) is 4.47 Å².